The van der Waals surface area contributed by atoms with Crippen molar-refractivity contribution in [3.8, 4) is 5.82 Å². The second-order valence-electron chi connectivity index (χ2n) is 4.60. The molecule has 2 heterocycles. The van der Waals surface area contributed by atoms with E-state index in [9.17, 15) is 0 Å². The molecule has 3 aromatic rings. The number of fused-ring (bicyclic) bond motifs is 1. The molecule has 1 aromatic carbocycles. The highest BCUT2D eigenvalue weighted by atomic mass is 16.4. The molecule has 0 aliphatic rings. The van der Waals surface area contributed by atoms with Crippen molar-refractivity contribution >= 4 is 16.7 Å². The zero-order valence-electron chi connectivity index (χ0n) is 11.6. The number of hydrogen-bond acceptors (Lipinski definition) is 4. The van der Waals surface area contributed by atoms with Crippen LogP contribution in [-0.4, -0.2) is 25.6 Å². The third kappa shape index (κ3) is 2.20. The van der Waals surface area contributed by atoms with Gasteiger partial charge in [0.1, 0.15) is 11.6 Å². The maximum absolute atomic E-state index is 9.02. The SMILES string of the molecule is CCc1nccn1-c1nc2ccccc2cc1C(N)=NO. The number of para-hydroxylation sites is 1. The predicted octanol–water partition coefficient (Wildman–Crippen LogP) is 2.08. The van der Waals surface area contributed by atoms with Crippen LogP contribution in [0, 0.1) is 0 Å². The zero-order chi connectivity index (χ0) is 14.8. The van der Waals surface area contributed by atoms with E-state index in [1.54, 1.807) is 6.20 Å². The number of amidine groups is 1. The molecule has 2 aromatic heterocycles. The van der Waals surface area contributed by atoms with E-state index in [-0.39, 0.29) is 5.84 Å². The Bertz CT molecular complexity index is 822. The first-order chi connectivity index (χ1) is 10.2. The average Bonchev–Trinajstić information content (AvgIpc) is 3.01. The van der Waals surface area contributed by atoms with E-state index in [1.165, 1.54) is 0 Å². The number of benzene rings is 1. The van der Waals surface area contributed by atoms with Crippen LogP contribution in [0.4, 0.5) is 0 Å². The molecule has 0 radical (unpaired) electrons. The summed E-state index contributed by atoms with van der Waals surface area (Å²) in [6, 6.07) is 9.59. The highest BCUT2D eigenvalue weighted by Gasteiger charge is 2.14. The molecule has 0 saturated heterocycles. The fraction of sp³-hybridized carbons (Fsp3) is 0.133. The Morgan fingerprint density at radius 2 is 2.19 bits per heavy atom. The van der Waals surface area contributed by atoms with Crippen molar-refractivity contribution < 1.29 is 5.21 Å². The Labute approximate surface area is 121 Å². The van der Waals surface area contributed by atoms with Crippen molar-refractivity contribution in [2.24, 2.45) is 10.9 Å². The zero-order valence-corrected chi connectivity index (χ0v) is 11.6. The van der Waals surface area contributed by atoms with Gasteiger partial charge < -0.3 is 10.9 Å². The van der Waals surface area contributed by atoms with Crippen molar-refractivity contribution in [2.75, 3.05) is 0 Å². The van der Waals surface area contributed by atoms with Crippen molar-refractivity contribution in [1.82, 2.24) is 14.5 Å². The second kappa shape index (κ2) is 5.24. The number of aromatic nitrogens is 3. The van der Waals surface area contributed by atoms with Gasteiger partial charge in [-0.3, -0.25) is 4.57 Å². The topological polar surface area (TPSA) is 89.3 Å². The highest BCUT2D eigenvalue weighted by molar-refractivity contribution is 6.02. The predicted molar refractivity (Wildman–Crippen MR) is 80.8 cm³/mol. The summed E-state index contributed by atoms with van der Waals surface area (Å²) < 4.78 is 1.86. The normalized spacial score (nSPS) is 12.0. The van der Waals surface area contributed by atoms with Gasteiger partial charge in [0.25, 0.3) is 0 Å². The summed E-state index contributed by atoms with van der Waals surface area (Å²) in [5.74, 6) is 1.50. The fourth-order valence-corrected chi connectivity index (χ4v) is 2.32. The summed E-state index contributed by atoms with van der Waals surface area (Å²) in [6.45, 7) is 2.02. The first-order valence-electron chi connectivity index (χ1n) is 6.65. The Morgan fingerprint density at radius 3 is 2.95 bits per heavy atom. The quantitative estimate of drug-likeness (QED) is 0.333. The molecule has 3 N–H and O–H groups in total. The van der Waals surface area contributed by atoms with Crippen LogP contribution in [-0.2, 0) is 6.42 Å². The van der Waals surface area contributed by atoms with Crippen molar-refractivity contribution in [1.29, 1.82) is 0 Å². The Hall–Kier alpha value is -2.89. The molecule has 0 saturated carbocycles. The lowest BCUT2D eigenvalue weighted by Crippen LogP contribution is -2.18. The molecule has 0 bridgehead atoms. The lowest BCUT2D eigenvalue weighted by molar-refractivity contribution is 0.318. The number of pyridine rings is 1. The second-order valence-corrected chi connectivity index (χ2v) is 4.60. The van der Waals surface area contributed by atoms with Gasteiger partial charge in [0, 0.05) is 24.2 Å². The molecular weight excluding hydrogens is 266 g/mol. The van der Waals surface area contributed by atoms with E-state index in [2.05, 4.69) is 15.1 Å². The van der Waals surface area contributed by atoms with Gasteiger partial charge in [0.05, 0.1) is 11.1 Å². The van der Waals surface area contributed by atoms with E-state index >= 15 is 0 Å². The molecule has 0 aliphatic heterocycles. The number of nitrogens with zero attached hydrogens (tertiary/aromatic N) is 4. The van der Waals surface area contributed by atoms with Gasteiger partial charge in [-0.05, 0) is 12.1 Å². The molecular formula is C15H15N5O. The number of hydrogen-bond donors (Lipinski definition) is 2. The van der Waals surface area contributed by atoms with Gasteiger partial charge in [-0.2, -0.15) is 0 Å². The third-order valence-corrected chi connectivity index (χ3v) is 3.35. The largest absolute Gasteiger partial charge is 0.409 e. The van der Waals surface area contributed by atoms with E-state index in [0.29, 0.717) is 11.4 Å². The molecule has 21 heavy (non-hydrogen) atoms. The van der Waals surface area contributed by atoms with Gasteiger partial charge in [0.15, 0.2) is 5.84 Å². The van der Waals surface area contributed by atoms with Gasteiger partial charge >= 0.3 is 0 Å². The van der Waals surface area contributed by atoms with Crippen molar-refractivity contribution in [2.45, 2.75) is 13.3 Å². The number of rotatable bonds is 3. The van der Waals surface area contributed by atoms with Crippen LogP contribution in [0.2, 0.25) is 0 Å². The monoisotopic (exact) mass is 281 g/mol. The summed E-state index contributed by atoms with van der Waals surface area (Å²) in [6.07, 6.45) is 4.30. The molecule has 0 atom stereocenters. The molecule has 0 aliphatic carbocycles. The van der Waals surface area contributed by atoms with E-state index in [1.807, 2.05) is 48.0 Å². The van der Waals surface area contributed by atoms with Crippen LogP contribution in [0.3, 0.4) is 0 Å². The van der Waals surface area contributed by atoms with Gasteiger partial charge in [-0.15, -0.1) is 0 Å². The van der Waals surface area contributed by atoms with Crippen molar-refractivity contribution in [3.05, 3.63) is 54.1 Å². The van der Waals surface area contributed by atoms with Crippen LogP contribution in [0.5, 0.6) is 0 Å². The molecule has 0 amide bonds. The summed E-state index contributed by atoms with van der Waals surface area (Å²) in [4.78, 5) is 8.94. The number of aryl methyl sites for hydroxylation is 1. The summed E-state index contributed by atoms with van der Waals surface area (Å²) >= 11 is 0. The summed E-state index contributed by atoms with van der Waals surface area (Å²) in [5, 5.41) is 13.1. The molecule has 0 unspecified atom stereocenters. The van der Waals surface area contributed by atoms with Crippen LogP contribution < -0.4 is 5.73 Å². The minimum Gasteiger partial charge on any atom is -0.409 e. The first kappa shape index (κ1) is 13.1. The fourth-order valence-electron chi connectivity index (χ4n) is 2.32. The Morgan fingerprint density at radius 1 is 1.38 bits per heavy atom. The van der Waals surface area contributed by atoms with Gasteiger partial charge in [-0.1, -0.05) is 30.3 Å². The lowest BCUT2D eigenvalue weighted by Gasteiger charge is -2.12. The van der Waals surface area contributed by atoms with Crippen LogP contribution in [0.15, 0.2) is 47.9 Å². The van der Waals surface area contributed by atoms with E-state index in [0.717, 1.165) is 23.1 Å². The number of nitrogens with two attached hydrogens (primary N) is 1. The van der Waals surface area contributed by atoms with E-state index < -0.39 is 0 Å². The summed E-state index contributed by atoms with van der Waals surface area (Å²) in [5.41, 5.74) is 7.23. The van der Waals surface area contributed by atoms with Crippen LogP contribution in [0.25, 0.3) is 16.7 Å². The lowest BCUT2D eigenvalue weighted by atomic mass is 10.1. The number of imidazole rings is 1. The summed E-state index contributed by atoms with van der Waals surface area (Å²) in [7, 11) is 0. The van der Waals surface area contributed by atoms with Crippen LogP contribution in [0.1, 0.15) is 18.3 Å². The maximum atomic E-state index is 9.02. The Balaban J connectivity index is 2.33. The maximum Gasteiger partial charge on any atom is 0.173 e. The van der Waals surface area contributed by atoms with E-state index in [4.69, 9.17) is 10.9 Å². The van der Waals surface area contributed by atoms with Crippen LogP contribution >= 0.6 is 0 Å². The smallest absolute Gasteiger partial charge is 0.173 e. The molecule has 0 fully saturated rings. The molecule has 6 nitrogen and oxygen atoms in total. The molecule has 0 spiro atoms. The average molecular weight is 281 g/mol. The minimum absolute atomic E-state index is 0.0269. The Kier molecular flexibility index (Phi) is 3.27. The minimum atomic E-state index is 0.0269. The van der Waals surface area contributed by atoms with Gasteiger partial charge in [0.2, 0.25) is 0 Å². The third-order valence-electron chi connectivity index (χ3n) is 3.35. The highest BCUT2D eigenvalue weighted by Crippen LogP contribution is 2.21. The first-order valence-corrected chi connectivity index (χ1v) is 6.65. The van der Waals surface area contributed by atoms with Crippen molar-refractivity contribution in [3.63, 3.8) is 0 Å². The molecule has 106 valence electrons. The molecule has 6 heteroatoms. The number of oxime groups is 1. The standard InChI is InChI=1S/C15H15N5O/c1-2-13-17-7-8-20(13)15-11(14(16)19-21)9-10-5-3-4-6-12(10)18-15/h3-9,21H,2H2,1H3,(H2,16,19). The van der Waals surface area contributed by atoms with Gasteiger partial charge in [-0.25, -0.2) is 9.97 Å². The molecule has 3 rings (SSSR count).